The zero-order valence-corrected chi connectivity index (χ0v) is 8.57. The van der Waals surface area contributed by atoms with Gasteiger partial charge in [0, 0.05) is 39.5 Å². The molecule has 1 heterocycles. The summed E-state index contributed by atoms with van der Waals surface area (Å²) in [7, 11) is 1.69. The van der Waals surface area contributed by atoms with Crippen LogP contribution in [-0.2, 0) is 17.8 Å². The topological polar surface area (TPSA) is 65.1 Å². The van der Waals surface area contributed by atoms with Crippen LogP contribution in [-0.4, -0.2) is 36.4 Å². The van der Waals surface area contributed by atoms with E-state index in [1.807, 2.05) is 10.8 Å². The summed E-state index contributed by atoms with van der Waals surface area (Å²) < 4.78 is 6.91. The van der Waals surface area contributed by atoms with Gasteiger partial charge in [-0.3, -0.25) is 0 Å². The third kappa shape index (κ3) is 3.87. The molecule has 0 radical (unpaired) electrons. The molecule has 0 fully saturated rings. The minimum atomic E-state index is 0.646. The van der Waals surface area contributed by atoms with E-state index < -0.39 is 0 Å². The molecule has 14 heavy (non-hydrogen) atoms. The Bertz CT molecular complexity index is 249. The summed E-state index contributed by atoms with van der Waals surface area (Å²) in [5, 5.41) is 3.23. The van der Waals surface area contributed by atoms with Gasteiger partial charge in [0.05, 0.1) is 18.6 Å². The monoisotopic (exact) mass is 198 g/mol. The van der Waals surface area contributed by atoms with Gasteiger partial charge in [-0.15, -0.1) is 0 Å². The summed E-state index contributed by atoms with van der Waals surface area (Å²) in [5.41, 5.74) is 6.47. The molecule has 5 nitrogen and oxygen atoms in total. The second kappa shape index (κ2) is 6.53. The van der Waals surface area contributed by atoms with E-state index in [0.717, 1.165) is 31.9 Å². The highest BCUT2D eigenvalue weighted by atomic mass is 16.5. The molecule has 1 aromatic rings. The van der Waals surface area contributed by atoms with Gasteiger partial charge in [0.2, 0.25) is 0 Å². The highest BCUT2D eigenvalue weighted by Gasteiger charge is 1.96. The van der Waals surface area contributed by atoms with Gasteiger partial charge in [-0.05, 0) is 0 Å². The van der Waals surface area contributed by atoms with Gasteiger partial charge < -0.3 is 20.4 Å². The average molecular weight is 198 g/mol. The van der Waals surface area contributed by atoms with Crippen LogP contribution < -0.4 is 11.1 Å². The molecular formula is C9H18N4O. The van der Waals surface area contributed by atoms with Crippen molar-refractivity contribution < 1.29 is 4.74 Å². The van der Waals surface area contributed by atoms with Gasteiger partial charge >= 0.3 is 0 Å². The van der Waals surface area contributed by atoms with E-state index >= 15 is 0 Å². The first-order chi connectivity index (χ1) is 6.86. The lowest BCUT2D eigenvalue weighted by molar-refractivity contribution is 0.199. The maximum absolute atomic E-state index is 5.43. The number of ether oxygens (including phenoxy) is 1. The van der Waals surface area contributed by atoms with Crippen LogP contribution in [0.5, 0.6) is 0 Å². The second-order valence-corrected chi connectivity index (χ2v) is 3.06. The van der Waals surface area contributed by atoms with Gasteiger partial charge in [-0.2, -0.15) is 0 Å². The third-order valence-electron chi connectivity index (χ3n) is 1.86. The smallest absolute Gasteiger partial charge is 0.0950 e. The fourth-order valence-electron chi connectivity index (χ4n) is 1.16. The van der Waals surface area contributed by atoms with Gasteiger partial charge in [-0.1, -0.05) is 0 Å². The van der Waals surface area contributed by atoms with Crippen molar-refractivity contribution in [3.05, 3.63) is 18.2 Å². The van der Waals surface area contributed by atoms with Crippen LogP contribution in [0.3, 0.4) is 0 Å². The minimum Gasteiger partial charge on any atom is -0.383 e. The first kappa shape index (κ1) is 11.2. The number of hydrogen-bond acceptors (Lipinski definition) is 4. The third-order valence-corrected chi connectivity index (χ3v) is 1.86. The summed E-state index contributed by atoms with van der Waals surface area (Å²) in [5.74, 6) is 0. The molecule has 0 aromatic carbocycles. The molecule has 3 N–H and O–H groups in total. The van der Waals surface area contributed by atoms with Gasteiger partial charge in [-0.25, -0.2) is 4.98 Å². The normalized spacial score (nSPS) is 10.7. The van der Waals surface area contributed by atoms with E-state index in [-0.39, 0.29) is 0 Å². The van der Waals surface area contributed by atoms with Crippen LogP contribution in [0.15, 0.2) is 12.5 Å². The van der Waals surface area contributed by atoms with E-state index in [4.69, 9.17) is 10.5 Å². The zero-order valence-electron chi connectivity index (χ0n) is 8.57. The number of nitrogens with zero attached hydrogens (tertiary/aromatic N) is 2. The van der Waals surface area contributed by atoms with Crippen LogP contribution >= 0.6 is 0 Å². The number of hydrogen-bond donors (Lipinski definition) is 2. The molecule has 0 spiro atoms. The SMILES string of the molecule is COCCNCc1cn(CCN)cn1. The van der Waals surface area contributed by atoms with Crippen molar-refractivity contribution >= 4 is 0 Å². The van der Waals surface area contributed by atoms with E-state index in [2.05, 4.69) is 10.3 Å². The molecule has 0 saturated carbocycles. The standard InChI is InChI=1S/C9H18N4O/c1-14-5-3-11-6-9-7-13(4-2-10)8-12-9/h7-8,11H,2-6,10H2,1H3. The highest BCUT2D eigenvalue weighted by Crippen LogP contribution is 1.94. The first-order valence-corrected chi connectivity index (χ1v) is 4.77. The predicted molar refractivity (Wildman–Crippen MR) is 54.9 cm³/mol. The second-order valence-electron chi connectivity index (χ2n) is 3.06. The Morgan fingerprint density at radius 1 is 1.64 bits per heavy atom. The summed E-state index contributed by atoms with van der Waals surface area (Å²) in [6.07, 6.45) is 3.81. The Morgan fingerprint density at radius 3 is 3.21 bits per heavy atom. The van der Waals surface area contributed by atoms with Crippen LogP contribution in [0.4, 0.5) is 0 Å². The maximum Gasteiger partial charge on any atom is 0.0950 e. The Balaban J connectivity index is 2.22. The lowest BCUT2D eigenvalue weighted by atomic mass is 10.4. The van der Waals surface area contributed by atoms with E-state index in [9.17, 15) is 0 Å². The van der Waals surface area contributed by atoms with E-state index in [1.54, 1.807) is 13.4 Å². The summed E-state index contributed by atoms with van der Waals surface area (Å²) in [6.45, 7) is 3.82. The number of methoxy groups -OCH3 is 1. The van der Waals surface area contributed by atoms with Crippen molar-refractivity contribution in [3.63, 3.8) is 0 Å². The molecule has 0 unspecified atom stereocenters. The van der Waals surface area contributed by atoms with Crippen LogP contribution in [0.2, 0.25) is 0 Å². The van der Waals surface area contributed by atoms with Crippen molar-refractivity contribution in [2.45, 2.75) is 13.1 Å². The Kier molecular flexibility index (Phi) is 5.21. The Hall–Kier alpha value is -0.910. The van der Waals surface area contributed by atoms with Crippen molar-refractivity contribution in [1.82, 2.24) is 14.9 Å². The van der Waals surface area contributed by atoms with Crippen molar-refractivity contribution in [1.29, 1.82) is 0 Å². The van der Waals surface area contributed by atoms with Crippen molar-refractivity contribution in [3.8, 4) is 0 Å². The largest absolute Gasteiger partial charge is 0.383 e. The summed E-state index contributed by atoms with van der Waals surface area (Å²) in [4.78, 5) is 4.24. The van der Waals surface area contributed by atoms with Crippen molar-refractivity contribution in [2.75, 3.05) is 26.8 Å². The van der Waals surface area contributed by atoms with Crippen LogP contribution in [0.1, 0.15) is 5.69 Å². The molecule has 1 rings (SSSR count). The van der Waals surface area contributed by atoms with Crippen LogP contribution in [0.25, 0.3) is 0 Å². The molecule has 0 aliphatic heterocycles. The number of nitrogens with two attached hydrogens (primary N) is 1. The minimum absolute atomic E-state index is 0.646. The molecule has 0 aliphatic carbocycles. The van der Waals surface area contributed by atoms with E-state index in [1.165, 1.54) is 0 Å². The molecule has 5 heteroatoms. The summed E-state index contributed by atoms with van der Waals surface area (Å²) in [6, 6.07) is 0. The molecule has 0 bridgehead atoms. The first-order valence-electron chi connectivity index (χ1n) is 4.77. The van der Waals surface area contributed by atoms with Crippen molar-refractivity contribution in [2.24, 2.45) is 5.73 Å². The Morgan fingerprint density at radius 2 is 2.50 bits per heavy atom. The summed E-state index contributed by atoms with van der Waals surface area (Å²) >= 11 is 0. The number of nitrogens with one attached hydrogen (secondary N) is 1. The molecule has 1 aromatic heterocycles. The van der Waals surface area contributed by atoms with Gasteiger partial charge in [0.1, 0.15) is 0 Å². The van der Waals surface area contributed by atoms with E-state index in [0.29, 0.717) is 6.54 Å². The maximum atomic E-state index is 5.43. The highest BCUT2D eigenvalue weighted by molar-refractivity contribution is 4.96. The molecule has 0 amide bonds. The van der Waals surface area contributed by atoms with Crippen LogP contribution in [0, 0.1) is 0 Å². The average Bonchev–Trinajstić information content (AvgIpc) is 2.61. The number of imidazole rings is 1. The molecular weight excluding hydrogens is 180 g/mol. The molecule has 0 atom stereocenters. The van der Waals surface area contributed by atoms with Gasteiger partial charge in [0.15, 0.2) is 0 Å². The predicted octanol–water partition coefficient (Wildman–Crippen LogP) is -0.422. The number of rotatable bonds is 7. The Labute approximate surface area is 84.3 Å². The van der Waals surface area contributed by atoms with Gasteiger partial charge in [0.25, 0.3) is 0 Å². The quantitative estimate of drug-likeness (QED) is 0.584. The zero-order chi connectivity index (χ0) is 10.2. The fourth-order valence-corrected chi connectivity index (χ4v) is 1.16. The fraction of sp³-hybridized carbons (Fsp3) is 0.667. The molecule has 0 aliphatic rings. The lowest BCUT2D eigenvalue weighted by Gasteiger charge is -2.00. The number of aromatic nitrogens is 2. The molecule has 0 saturated heterocycles. The molecule has 80 valence electrons. The lowest BCUT2D eigenvalue weighted by Crippen LogP contribution is -2.18.